The van der Waals surface area contributed by atoms with Crippen LogP contribution in [0.15, 0.2) is 30.3 Å². The molecule has 0 unspecified atom stereocenters. The van der Waals surface area contributed by atoms with Crippen molar-refractivity contribution in [3.63, 3.8) is 0 Å². The number of hydrogen-bond donors (Lipinski definition) is 1. The second kappa shape index (κ2) is 5.01. The van der Waals surface area contributed by atoms with Gasteiger partial charge in [0, 0.05) is 13.6 Å². The third-order valence-electron chi connectivity index (χ3n) is 2.62. The first-order valence-corrected chi connectivity index (χ1v) is 5.60. The Kier molecular flexibility index (Phi) is 3.44. The summed E-state index contributed by atoms with van der Waals surface area (Å²) in [5.74, 6) is 0.840. The molecule has 0 amide bonds. The Labute approximate surface area is 101 Å². The van der Waals surface area contributed by atoms with E-state index in [4.69, 9.17) is 10.5 Å². The van der Waals surface area contributed by atoms with Gasteiger partial charge in [0.15, 0.2) is 0 Å². The van der Waals surface area contributed by atoms with Gasteiger partial charge in [0.25, 0.3) is 0 Å². The van der Waals surface area contributed by atoms with Gasteiger partial charge in [-0.25, -0.2) is 0 Å². The fraction of sp³-hybridized carbons (Fsp3) is 0.308. The van der Waals surface area contributed by atoms with E-state index in [1.165, 1.54) is 0 Å². The van der Waals surface area contributed by atoms with Crippen LogP contribution in [0.4, 0.5) is 0 Å². The van der Waals surface area contributed by atoms with Crippen molar-refractivity contribution >= 4 is 0 Å². The second-order valence-electron chi connectivity index (χ2n) is 4.04. The van der Waals surface area contributed by atoms with Crippen LogP contribution in [-0.4, -0.2) is 9.78 Å². The molecule has 2 N–H and O–H groups in total. The Morgan fingerprint density at radius 2 is 2.18 bits per heavy atom. The van der Waals surface area contributed by atoms with E-state index >= 15 is 0 Å². The molecule has 1 aromatic carbocycles. The molecule has 0 fully saturated rings. The Morgan fingerprint density at radius 3 is 2.82 bits per heavy atom. The maximum Gasteiger partial charge on any atom is 0.130 e. The molecule has 0 saturated heterocycles. The molecule has 4 heteroatoms. The molecule has 0 atom stereocenters. The monoisotopic (exact) mass is 231 g/mol. The summed E-state index contributed by atoms with van der Waals surface area (Å²) in [4.78, 5) is 0. The summed E-state index contributed by atoms with van der Waals surface area (Å²) in [7, 11) is 1.92. The number of aromatic nitrogens is 2. The van der Waals surface area contributed by atoms with Crippen LogP contribution in [0.1, 0.15) is 17.0 Å². The summed E-state index contributed by atoms with van der Waals surface area (Å²) < 4.78 is 7.55. The lowest BCUT2D eigenvalue weighted by Crippen LogP contribution is -2.03. The summed E-state index contributed by atoms with van der Waals surface area (Å²) in [5, 5.41) is 4.27. The Bertz CT molecular complexity index is 505. The van der Waals surface area contributed by atoms with Crippen LogP contribution in [0.5, 0.6) is 5.75 Å². The van der Waals surface area contributed by atoms with E-state index in [0.29, 0.717) is 13.2 Å². The van der Waals surface area contributed by atoms with E-state index in [2.05, 4.69) is 5.10 Å². The molecule has 1 aromatic heterocycles. The molecule has 1 heterocycles. The van der Waals surface area contributed by atoms with E-state index in [9.17, 15) is 0 Å². The molecule has 0 aliphatic rings. The van der Waals surface area contributed by atoms with Crippen LogP contribution in [0, 0.1) is 6.92 Å². The van der Waals surface area contributed by atoms with Crippen molar-refractivity contribution < 1.29 is 4.74 Å². The molecular weight excluding hydrogens is 214 g/mol. The number of rotatable bonds is 4. The van der Waals surface area contributed by atoms with Crippen molar-refractivity contribution in [3.05, 3.63) is 47.3 Å². The lowest BCUT2D eigenvalue weighted by Gasteiger charge is -2.07. The molecule has 0 radical (unpaired) electrons. The lowest BCUT2D eigenvalue weighted by molar-refractivity contribution is 0.294. The average molecular weight is 231 g/mol. The Hall–Kier alpha value is -1.81. The van der Waals surface area contributed by atoms with Gasteiger partial charge in [0.1, 0.15) is 12.4 Å². The molecule has 0 aliphatic carbocycles. The van der Waals surface area contributed by atoms with Crippen molar-refractivity contribution in [1.82, 2.24) is 9.78 Å². The van der Waals surface area contributed by atoms with Crippen molar-refractivity contribution in [2.75, 3.05) is 0 Å². The number of benzene rings is 1. The van der Waals surface area contributed by atoms with Crippen LogP contribution in [0.2, 0.25) is 0 Å². The van der Waals surface area contributed by atoms with Crippen molar-refractivity contribution in [2.45, 2.75) is 20.1 Å². The van der Waals surface area contributed by atoms with Crippen LogP contribution >= 0.6 is 0 Å². The van der Waals surface area contributed by atoms with E-state index in [1.807, 2.05) is 49.0 Å². The highest BCUT2D eigenvalue weighted by molar-refractivity contribution is 5.28. The zero-order valence-electron chi connectivity index (χ0n) is 10.2. The average Bonchev–Trinajstić information content (AvgIpc) is 2.65. The van der Waals surface area contributed by atoms with Gasteiger partial charge >= 0.3 is 0 Å². The zero-order chi connectivity index (χ0) is 12.3. The van der Waals surface area contributed by atoms with Gasteiger partial charge in [-0.2, -0.15) is 5.10 Å². The minimum absolute atomic E-state index is 0.519. The second-order valence-corrected chi connectivity index (χ2v) is 4.04. The van der Waals surface area contributed by atoms with Gasteiger partial charge < -0.3 is 10.5 Å². The summed E-state index contributed by atoms with van der Waals surface area (Å²) in [6, 6.07) is 9.85. The third-order valence-corrected chi connectivity index (χ3v) is 2.62. The van der Waals surface area contributed by atoms with Crippen LogP contribution in [0.3, 0.4) is 0 Å². The molecule has 17 heavy (non-hydrogen) atoms. The first-order chi connectivity index (χ1) is 8.19. The van der Waals surface area contributed by atoms with E-state index in [0.717, 1.165) is 22.7 Å². The van der Waals surface area contributed by atoms with Crippen molar-refractivity contribution in [3.8, 4) is 5.75 Å². The van der Waals surface area contributed by atoms with Crippen molar-refractivity contribution in [1.29, 1.82) is 0 Å². The van der Waals surface area contributed by atoms with Gasteiger partial charge in [-0.3, -0.25) is 4.68 Å². The molecular formula is C13H17N3O. The normalized spacial score (nSPS) is 10.5. The summed E-state index contributed by atoms with van der Waals surface area (Å²) in [6.45, 7) is 3.02. The first kappa shape index (κ1) is 11.7. The van der Waals surface area contributed by atoms with Crippen molar-refractivity contribution in [2.24, 2.45) is 12.8 Å². The highest BCUT2D eigenvalue weighted by Crippen LogP contribution is 2.15. The van der Waals surface area contributed by atoms with Crippen LogP contribution in [0.25, 0.3) is 0 Å². The fourth-order valence-corrected chi connectivity index (χ4v) is 1.72. The smallest absolute Gasteiger partial charge is 0.130 e. The maximum atomic E-state index is 5.71. The van der Waals surface area contributed by atoms with Gasteiger partial charge in [-0.05, 0) is 30.7 Å². The van der Waals surface area contributed by atoms with Gasteiger partial charge in [-0.15, -0.1) is 0 Å². The third kappa shape index (κ3) is 2.85. The molecule has 4 nitrogen and oxygen atoms in total. The molecule has 0 spiro atoms. The predicted molar refractivity (Wildman–Crippen MR) is 66.6 cm³/mol. The molecule has 0 bridgehead atoms. The fourth-order valence-electron chi connectivity index (χ4n) is 1.72. The standard InChI is InChI=1S/C13H17N3O/c1-10-6-12(16(2)15-10)9-17-13-5-3-4-11(7-13)8-14/h3-7H,8-9,14H2,1-2H3. The number of nitrogens with two attached hydrogens (primary N) is 1. The van der Waals surface area contributed by atoms with E-state index < -0.39 is 0 Å². The van der Waals surface area contributed by atoms with Crippen LogP contribution < -0.4 is 10.5 Å². The molecule has 90 valence electrons. The predicted octanol–water partition coefficient (Wildman–Crippen LogP) is 1.77. The molecule has 0 aliphatic heterocycles. The first-order valence-electron chi connectivity index (χ1n) is 5.60. The summed E-state index contributed by atoms with van der Waals surface area (Å²) in [5.41, 5.74) is 8.71. The number of nitrogens with zero attached hydrogens (tertiary/aromatic N) is 2. The summed E-state index contributed by atoms with van der Waals surface area (Å²) >= 11 is 0. The van der Waals surface area contributed by atoms with E-state index in [-0.39, 0.29) is 0 Å². The number of hydrogen-bond acceptors (Lipinski definition) is 3. The Balaban J connectivity index is 2.04. The highest BCUT2D eigenvalue weighted by Gasteiger charge is 2.03. The minimum atomic E-state index is 0.519. The quantitative estimate of drug-likeness (QED) is 0.872. The Morgan fingerprint density at radius 1 is 1.35 bits per heavy atom. The van der Waals surface area contributed by atoms with Gasteiger partial charge in [-0.1, -0.05) is 12.1 Å². The number of ether oxygens (including phenoxy) is 1. The molecule has 0 saturated carbocycles. The van der Waals surface area contributed by atoms with Gasteiger partial charge in [0.05, 0.1) is 11.4 Å². The zero-order valence-corrected chi connectivity index (χ0v) is 10.2. The minimum Gasteiger partial charge on any atom is -0.487 e. The van der Waals surface area contributed by atoms with E-state index in [1.54, 1.807) is 0 Å². The summed E-state index contributed by atoms with van der Waals surface area (Å²) in [6.07, 6.45) is 0. The maximum absolute atomic E-state index is 5.71. The largest absolute Gasteiger partial charge is 0.487 e. The van der Waals surface area contributed by atoms with Crippen LogP contribution in [-0.2, 0) is 20.2 Å². The SMILES string of the molecule is Cc1cc(COc2cccc(CN)c2)n(C)n1. The number of aryl methyl sites for hydroxylation is 2. The molecule has 2 rings (SSSR count). The topological polar surface area (TPSA) is 53.1 Å². The molecule has 2 aromatic rings. The lowest BCUT2D eigenvalue weighted by atomic mass is 10.2. The van der Waals surface area contributed by atoms with Gasteiger partial charge in [0.2, 0.25) is 0 Å². The highest BCUT2D eigenvalue weighted by atomic mass is 16.5.